The van der Waals surface area contributed by atoms with Gasteiger partial charge in [-0.1, -0.05) is 18.2 Å². The number of aryl methyl sites for hydroxylation is 1. The van der Waals surface area contributed by atoms with Crippen LogP contribution in [0.4, 0.5) is 16.3 Å². The average molecular weight is 419 g/mol. The van der Waals surface area contributed by atoms with Crippen LogP contribution in [0.2, 0.25) is 0 Å². The lowest BCUT2D eigenvalue weighted by atomic mass is 10.0. The molecule has 0 saturated carbocycles. The third-order valence-electron chi connectivity index (χ3n) is 4.90. The van der Waals surface area contributed by atoms with E-state index in [1.165, 1.54) is 11.1 Å². The minimum Gasteiger partial charge on any atom is -0.398 e. The molecule has 0 bridgehead atoms. The van der Waals surface area contributed by atoms with Crippen LogP contribution < -0.4 is 16.4 Å². The molecule has 30 heavy (non-hydrogen) atoms. The number of hydrogen-bond donors (Lipinski definition) is 4. The molecule has 8 heteroatoms. The third-order valence-corrected chi connectivity index (χ3v) is 6.02. The number of fused-ring (bicyclic) bond motifs is 1. The summed E-state index contributed by atoms with van der Waals surface area (Å²) in [6.45, 7) is 1.87. The van der Waals surface area contributed by atoms with Crippen LogP contribution in [0.15, 0.2) is 59.8 Å². The van der Waals surface area contributed by atoms with Gasteiger partial charge in [0.25, 0.3) is 0 Å². The number of amides is 2. The molecule has 4 rings (SSSR count). The molecule has 3 aromatic rings. The highest BCUT2D eigenvalue weighted by Crippen LogP contribution is 2.35. The molecule has 152 valence electrons. The largest absolute Gasteiger partial charge is 0.398 e. The van der Waals surface area contributed by atoms with Gasteiger partial charge in [0.1, 0.15) is 5.82 Å². The highest BCUT2D eigenvalue weighted by molar-refractivity contribution is 7.99. The molecule has 5 N–H and O–H groups in total. The molecule has 0 saturated heterocycles. The number of benzene rings is 1. The summed E-state index contributed by atoms with van der Waals surface area (Å²) in [5.41, 5.74) is 9.95. The molecule has 7 nitrogen and oxygen atoms in total. The van der Waals surface area contributed by atoms with Crippen molar-refractivity contribution in [1.29, 1.82) is 5.41 Å². The van der Waals surface area contributed by atoms with Crippen molar-refractivity contribution >= 4 is 35.0 Å². The molecule has 1 aromatic carbocycles. The molecule has 3 heterocycles. The fraction of sp³-hybridized carbons (Fsp3) is 0.182. The Kier molecular flexibility index (Phi) is 5.67. The van der Waals surface area contributed by atoms with E-state index in [2.05, 4.69) is 26.7 Å². The van der Waals surface area contributed by atoms with Crippen LogP contribution in [0.25, 0.3) is 0 Å². The van der Waals surface area contributed by atoms with Crippen LogP contribution in [-0.2, 0) is 0 Å². The van der Waals surface area contributed by atoms with E-state index >= 15 is 0 Å². The number of anilines is 2. The van der Waals surface area contributed by atoms with Gasteiger partial charge in [0.15, 0.2) is 0 Å². The molecule has 2 aromatic heterocycles. The second-order valence-corrected chi connectivity index (χ2v) is 8.18. The Morgan fingerprint density at radius 1 is 1.23 bits per heavy atom. The number of aromatic nitrogens is 2. The first-order valence-corrected chi connectivity index (χ1v) is 10.6. The number of nitrogen functional groups attached to an aromatic ring is 1. The Morgan fingerprint density at radius 3 is 2.87 bits per heavy atom. The maximum atomic E-state index is 12.5. The topological polar surface area (TPSA) is 117 Å². The van der Waals surface area contributed by atoms with E-state index in [0.717, 1.165) is 23.4 Å². The molecule has 1 aliphatic heterocycles. The van der Waals surface area contributed by atoms with Gasteiger partial charge >= 0.3 is 6.03 Å². The lowest BCUT2D eigenvalue weighted by Gasteiger charge is -2.25. The van der Waals surface area contributed by atoms with Crippen molar-refractivity contribution in [2.24, 2.45) is 0 Å². The number of rotatable bonds is 4. The number of nitrogens with two attached hydrogens (primary N) is 1. The van der Waals surface area contributed by atoms with Crippen molar-refractivity contribution < 1.29 is 4.79 Å². The van der Waals surface area contributed by atoms with Gasteiger partial charge in [0, 0.05) is 51.6 Å². The zero-order valence-electron chi connectivity index (χ0n) is 16.5. The summed E-state index contributed by atoms with van der Waals surface area (Å²) in [6.07, 6.45) is 4.03. The zero-order valence-corrected chi connectivity index (χ0v) is 17.3. The van der Waals surface area contributed by atoms with Crippen LogP contribution >= 0.6 is 11.8 Å². The summed E-state index contributed by atoms with van der Waals surface area (Å²) in [4.78, 5) is 22.1. The minimum atomic E-state index is -0.332. The van der Waals surface area contributed by atoms with Crippen molar-refractivity contribution in [3.8, 4) is 0 Å². The number of carbonyl (C=O) groups is 1. The van der Waals surface area contributed by atoms with E-state index in [9.17, 15) is 4.79 Å². The predicted molar refractivity (Wildman–Crippen MR) is 120 cm³/mol. The molecular formula is C22H22N6OS. The van der Waals surface area contributed by atoms with E-state index < -0.39 is 0 Å². The van der Waals surface area contributed by atoms with Gasteiger partial charge in [-0.05, 0) is 37.1 Å². The second kappa shape index (κ2) is 8.54. The fourth-order valence-corrected chi connectivity index (χ4v) is 4.53. The number of nitrogens with one attached hydrogen (secondary N) is 3. The first kappa shape index (κ1) is 19.9. The van der Waals surface area contributed by atoms with Crippen molar-refractivity contribution in [2.45, 2.75) is 24.3 Å². The van der Waals surface area contributed by atoms with Crippen LogP contribution in [0.5, 0.6) is 0 Å². The van der Waals surface area contributed by atoms with E-state index in [0.29, 0.717) is 22.6 Å². The predicted octanol–water partition coefficient (Wildman–Crippen LogP) is 4.14. The number of nitrogens with zero attached hydrogens (tertiary/aromatic N) is 2. The maximum absolute atomic E-state index is 12.5. The summed E-state index contributed by atoms with van der Waals surface area (Å²) in [6, 6.07) is 12.9. The lowest BCUT2D eigenvalue weighted by Crippen LogP contribution is -2.34. The molecule has 0 aliphatic carbocycles. The van der Waals surface area contributed by atoms with Crippen molar-refractivity contribution in [1.82, 2.24) is 15.3 Å². The van der Waals surface area contributed by atoms with Crippen molar-refractivity contribution in [2.75, 3.05) is 16.8 Å². The van der Waals surface area contributed by atoms with Crippen molar-refractivity contribution in [3.63, 3.8) is 0 Å². The number of carbonyl (C=O) groups excluding carboxylic acids is 1. The molecular weight excluding hydrogens is 396 g/mol. The Hall–Kier alpha value is -3.39. The first-order chi connectivity index (χ1) is 14.5. The summed E-state index contributed by atoms with van der Waals surface area (Å²) in [5, 5.41) is 14.2. The maximum Gasteiger partial charge on any atom is 0.320 e. The van der Waals surface area contributed by atoms with Gasteiger partial charge in [-0.3, -0.25) is 15.7 Å². The lowest BCUT2D eigenvalue weighted by molar-refractivity contribution is 0.248. The van der Waals surface area contributed by atoms with Crippen LogP contribution in [-0.4, -0.2) is 27.5 Å². The zero-order chi connectivity index (χ0) is 21.1. The summed E-state index contributed by atoms with van der Waals surface area (Å²) >= 11 is 1.80. The molecule has 1 aliphatic rings. The fourth-order valence-electron chi connectivity index (χ4n) is 3.41. The van der Waals surface area contributed by atoms with Gasteiger partial charge in [0.05, 0.1) is 11.8 Å². The molecule has 0 spiro atoms. The van der Waals surface area contributed by atoms with Gasteiger partial charge in [-0.2, -0.15) is 0 Å². The highest BCUT2D eigenvalue weighted by atomic mass is 32.2. The number of thioether (sulfide) groups is 1. The Labute approximate surface area is 179 Å². The molecule has 0 radical (unpaired) electrons. The van der Waals surface area contributed by atoms with E-state index in [4.69, 9.17) is 11.1 Å². The Bertz CT molecular complexity index is 1120. The summed E-state index contributed by atoms with van der Waals surface area (Å²) < 4.78 is 0. The SMILES string of the molecule is Cc1cc(C(=N)c2cnc(NC(=O)NC3CCSc4ccccc43)cc2N)ccn1. The van der Waals surface area contributed by atoms with Crippen LogP contribution in [0.3, 0.4) is 0 Å². The number of urea groups is 1. The second-order valence-electron chi connectivity index (χ2n) is 7.04. The van der Waals surface area contributed by atoms with Gasteiger partial charge in [0.2, 0.25) is 0 Å². The normalized spacial score (nSPS) is 15.2. The Morgan fingerprint density at radius 2 is 2.07 bits per heavy atom. The van der Waals surface area contributed by atoms with Gasteiger partial charge < -0.3 is 11.1 Å². The first-order valence-electron chi connectivity index (χ1n) is 9.58. The highest BCUT2D eigenvalue weighted by Gasteiger charge is 2.22. The summed E-state index contributed by atoms with van der Waals surface area (Å²) in [5.74, 6) is 1.30. The third kappa shape index (κ3) is 4.28. The van der Waals surface area contributed by atoms with Crippen molar-refractivity contribution in [3.05, 3.63) is 77.2 Å². The van der Waals surface area contributed by atoms with E-state index in [1.807, 2.05) is 31.2 Å². The van der Waals surface area contributed by atoms with E-state index in [-0.39, 0.29) is 17.8 Å². The number of pyridine rings is 2. The smallest absolute Gasteiger partial charge is 0.320 e. The monoisotopic (exact) mass is 418 g/mol. The number of hydrogen-bond acceptors (Lipinski definition) is 6. The molecule has 1 atom stereocenters. The average Bonchev–Trinajstić information content (AvgIpc) is 2.74. The van der Waals surface area contributed by atoms with Gasteiger partial charge in [-0.25, -0.2) is 9.78 Å². The minimum absolute atomic E-state index is 0.0397. The quantitative estimate of drug-likeness (QED) is 0.475. The molecule has 2 amide bonds. The summed E-state index contributed by atoms with van der Waals surface area (Å²) in [7, 11) is 0. The van der Waals surface area contributed by atoms with Crippen LogP contribution in [0, 0.1) is 12.3 Å². The molecule has 0 fully saturated rings. The van der Waals surface area contributed by atoms with Crippen LogP contribution in [0.1, 0.15) is 34.8 Å². The van der Waals surface area contributed by atoms with Gasteiger partial charge in [-0.15, -0.1) is 11.8 Å². The standard InChI is InChI=1S/C22H22N6OS/c1-13-10-14(6-8-25-13)21(24)16-12-26-20(11-17(16)23)28-22(29)27-18-7-9-30-19-5-3-2-4-15(18)19/h2-6,8,10-12,18,24H,7,9H2,1H3,(H4,23,26,27,28,29). The Balaban J connectivity index is 1.45. The molecule has 1 unspecified atom stereocenters. The van der Waals surface area contributed by atoms with E-state index in [1.54, 1.807) is 30.1 Å².